The van der Waals surface area contributed by atoms with E-state index in [1.165, 1.54) is 0 Å². The maximum Gasteiger partial charge on any atom is 0.491 e. The van der Waals surface area contributed by atoms with E-state index < -0.39 is 7.12 Å². The van der Waals surface area contributed by atoms with Crippen LogP contribution in [0.15, 0.2) is 18.2 Å². The van der Waals surface area contributed by atoms with Gasteiger partial charge in [0.1, 0.15) is 17.4 Å². The van der Waals surface area contributed by atoms with E-state index in [-0.39, 0.29) is 18.4 Å². The van der Waals surface area contributed by atoms with E-state index in [9.17, 15) is 10.3 Å². The standard InChI is InChI=1S/C19H20BClN2O4/c1-4-5-25-18-12(9-22)6-14(11(2)3)19(23-18)27-17-7-13-10-26-20(24)15(13)8-16(17)21/h6-8,11,24H,4-5,10H2,1-3H3. The molecule has 0 unspecified atom stereocenters. The zero-order valence-corrected chi connectivity index (χ0v) is 16.2. The molecule has 0 atom stereocenters. The molecule has 1 aliphatic rings. The quantitative estimate of drug-likeness (QED) is 0.765. The Balaban J connectivity index is 2.02. The van der Waals surface area contributed by atoms with Gasteiger partial charge in [0, 0.05) is 5.56 Å². The summed E-state index contributed by atoms with van der Waals surface area (Å²) in [7, 11) is -0.972. The van der Waals surface area contributed by atoms with Gasteiger partial charge in [-0.1, -0.05) is 32.4 Å². The van der Waals surface area contributed by atoms with Gasteiger partial charge in [-0.05, 0) is 41.6 Å². The summed E-state index contributed by atoms with van der Waals surface area (Å²) in [6, 6.07) is 7.25. The normalized spacial score (nSPS) is 12.9. The summed E-state index contributed by atoms with van der Waals surface area (Å²) in [4.78, 5) is 4.44. The molecule has 0 bridgehead atoms. The van der Waals surface area contributed by atoms with Gasteiger partial charge in [0.05, 0.1) is 18.2 Å². The van der Waals surface area contributed by atoms with Crippen molar-refractivity contribution in [2.24, 2.45) is 0 Å². The molecule has 140 valence electrons. The van der Waals surface area contributed by atoms with Gasteiger partial charge in [-0.2, -0.15) is 10.2 Å². The van der Waals surface area contributed by atoms with Crippen LogP contribution >= 0.6 is 11.6 Å². The molecular weight excluding hydrogens is 366 g/mol. The van der Waals surface area contributed by atoms with Crippen molar-refractivity contribution in [2.75, 3.05) is 6.61 Å². The van der Waals surface area contributed by atoms with Gasteiger partial charge in [0.25, 0.3) is 0 Å². The highest BCUT2D eigenvalue weighted by Gasteiger charge is 2.29. The van der Waals surface area contributed by atoms with Crippen LogP contribution in [0.4, 0.5) is 0 Å². The second-order valence-electron chi connectivity index (χ2n) is 6.60. The van der Waals surface area contributed by atoms with Gasteiger partial charge in [-0.25, -0.2) is 0 Å². The summed E-state index contributed by atoms with van der Waals surface area (Å²) in [6.45, 7) is 6.70. The summed E-state index contributed by atoms with van der Waals surface area (Å²) in [5.41, 5.74) is 2.60. The van der Waals surface area contributed by atoms with Crippen LogP contribution in [-0.2, 0) is 11.3 Å². The summed E-state index contributed by atoms with van der Waals surface area (Å²) in [5, 5.41) is 19.6. The lowest BCUT2D eigenvalue weighted by Gasteiger charge is -2.16. The minimum atomic E-state index is -0.972. The number of hydrogen-bond donors (Lipinski definition) is 1. The highest BCUT2D eigenvalue weighted by atomic mass is 35.5. The smallest absolute Gasteiger partial charge is 0.477 e. The molecule has 1 aliphatic heterocycles. The molecular formula is C19H20BClN2O4. The molecule has 0 aliphatic carbocycles. The van der Waals surface area contributed by atoms with Crippen LogP contribution in [-0.4, -0.2) is 23.7 Å². The van der Waals surface area contributed by atoms with Crippen LogP contribution in [0, 0.1) is 11.3 Å². The third-order valence-corrected chi connectivity index (χ3v) is 4.52. The summed E-state index contributed by atoms with van der Waals surface area (Å²) >= 11 is 6.33. The maximum atomic E-state index is 9.80. The van der Waals surface area contributed by atoms with Crippen molar-refractivity contribution < 1.29 is 19.2 Å². The first kappa shape index (κ1) is 19.5. The number of pyridine rings is 1. The average Bonchev–Trinajstić information content (AvgIpc) is 3.00. The van der Waals surface area contributed by atoms with E-state index in [4.69, 9.17) is 25.7 Å². The summed E-state index contributed by atoms with van der Waals surface area (Å²) in [6.07, 6.45) is 0.799. The number of fused-ring (bicyclic) bond motifs is 1. The van der Waals surface area contributed by atoms with E-state index in [2.05, 4.69) is 11.1 Å². The molecule has 27 heavy (non-hydrogen) atoms. The van der Waals surface area contributed by atoms with E-state index >= 15 is 0 Å². The molecule has 0 saturated carbocycles. The fourth-order valence-corrected chi connectivity index (χ4v) is 3.00. The van der Waals surface area contributed by atoms with Crippen molar-refractivity contribution in [2.45, 2.75) is 39.7 Å². The first-order valence-electron chi connectivity index (χ1n) is 8.82. The van der Waals surface area contributed by atoms with Crippen LogP contribution in [0.3, 0.4) is 0 Å². The average molecular weight is 387 g/mol. The van der Waals surface area contributed by atoms with Crippen molar-refractivity contribution in [1.82, 2.24) is 4.98 Å². The predicted molar refractivity (Wildman–Crippen MR) is 103 cm³/mol. The highest BCUT2D eigenvalue weighted by molar-refractivity contribution is 6.62. The van der Waals surface area contributed by atoms with Gasteiger partial charge >= 0.3 is 7.12 Å². The molecule has 0 spiro atoms. The number of halogens is 1. The van der Waals surface area contributed by atoms with Crippen molar-refractivity contribution in [3.05, 3.63) is 39.9 Å². The molecule has 1 aromatic heterocycles. The number of rotatable bonds is 6. The Labute approximate surface area is 163 Å². The van der Waals surface area contributed by atoms with Crippen molar-refractivity contribution >= 4 is 24.2 Å². The van der Waals surface area contributed by atoms with Crippen LogP contribution in [0.25, 0.3) is 0 Å². The van der Waals surface area contributed by atoms with E-state index in [1.807, 2.05) is 20.8 Å². The molecule has 1 N–H and O–H groups in total. The Morgan fingerprint density at radius 1 is 1.37 bits per heavy atom. The lowest BCUT2D eigenvalue weighted by molar-refractivity contribution is 0.275. The summed E-state index contributed by atoms with van der Waals surface area (Å²) in [5.74, 6) is 1.08. The Morgan fingerprint density at radius 3 is 2.81 bits per heavy atom. The number of nitrogens with zero attached hydrogens (tertiary/aromatic N) is 2. The topological polar surface area (TPSA) is 84.6 Å². The molecule has 2 heterocycles. The van der Waals surface area contributed by atoms with Gasteiger partial charge in [-0.3, -0.25) is 0 Å². The zero-order valence-electron chi connectivity index (χ0n) is 15.5. The number of ether oxygens (including phenoxy) is 2. The monoisotopic (exact) mass is 386 g/mol. The first-order valence-corrected chi connectivity index (χ1v) is 9.20. The fraction of sp³-hybridized carbons (Fsp3) is 0.368. The summed E-state index contributed by atoms with van der Waals surface area (Å²) < 4.78 is 16.8. The highest BCUT2D eigenvalue weighted by Crippen LogP contribution is 2.36. The van der Waals surface area contributed by atoms with Gasteiger partial charge in [0.2, 0.25) is 11.8 Å². The van der Waals surface area contributed by atoms with Crippen LogP contribution < -0.4 is 14.9 Å². The van der Waals surface area contributed by atoms with E-state index in [0.29, 0.717) is 34.3 Å². The predicted octanol–water partition coefficient (Wildman–Crippen LogP) is 3.53. The molecule has 2 aromatic rings. The second-order valence-corrected chi connectivity index (χ2v) is 7.00. The minimum absolute atomic E-state index is 0.0817. The van der Waals surface area contributed by atoms with Crippen molar-refractivity contribution in [3.8, 4) is 23.6 Å². The Kier molecular flexibility index (Phi) is 5.90. The van der Waals surface area contributed by atoms with Gasteiger partial charge in [0.15, 0.2) is 0 Å². The molecule has 8 heteroatoms. The molecule has 0 radical (unpaired) electrons. The van der Waals surface area contributed by atoms with Crippen molar-refractivity contribution in [1.29, 1.82) is 5.26 Å². The SMILES string of the molecule is CCCOc1nc(Oc2cc3c(cc2Cl)B(O)OC3)c(C(C)C)cc1C#N. The number of hydrogen-bond acceptors (Lipinski definition) is 6. The number of nitriles is 1. The van der Waals surface area contributed by atoms with Gasteiger partial charge < -0.3 is 19.2 Å². The number of benzene rings is 1. The van der Waals surface area contributed by atoms with Gasteiger partial charge in [-0.15, -0.1) is 0 Å². The third-order valence-electron chi connectivity index (χ3n) is 4.23. The Bertz CT molecular complexity index is 898. The fourth-order valence-electron chi connectivity index (χ4n) is 2.79. The molecule has 6 nitrogen and oxygen atoms in total. The lowest BCUT2D eigenvalue weighted by Crippen LogP contribution is -2.27. The van der Waals surface area contributed by atoms with Crippen LogP contribution in [0.5, 0.6) is 17.5 Å². The maximum absolute atomic E-state index is 9.80. The zero-order chi connectivity index (χ0) is 19.6. The Morgan fingerprint density at radius 2 is 2.15 bits per heavy atom. The number of aromatic nitrogens is 1. The minimum Gasteiger partial charge on any atom is -0.477 e. The van der Waals surface area contributed by atoms with Crippen LogP contribution in [0.1, 0.15) is 49.8 Å². The van der Waals surface area contributed by atoms with E-state index in [1.54, 1.807) is 18.2 Å². The largest absolute Gasteiger partial charge is 0.491 e. The lowest BCUT2D eigenvalue weighted by atomic mass is 9.79. The van der Waals surface area contributed by atoms with Crippen LogP contribution in [0.2, 0.25) is 5.02 Å². The molecule has 0 fully saturated rings. The molecule has 1 aromatic carbocycles. The Hall–Kier alpha value is -2.27. The molecule has 3 rings (SSSR count). The first-order chi connectivity index (χ1) is 12.9. The second kappa shape index (κ2) is 8.18. The molecule has 0 amide bonds. The molecule has 0 saturated heterocycles. The third kappa shape index (κ3) is 4.03. The van der Waals surface area contributed by atoms with Crippen molar-refractivity contribution in [3.63, 3.8) is 0 Å². The van der Waals surface area contributed by atoms with E-state index in [0.717, 1.165) is 17.5 Å².